The van der Waals surface area contributed by atoms with Crippen LogP contribution < -0.4 is 5.32 Å². The minimum atomic E-state index is -0.464. The fourth-order valence-electron chi connectivity index (χ4n) is 3.57. The number of methoxy groups -OCH3 is 1. The van der Waals surface area contributed by atoms with E-state index in [1.165, 1.54) is 40.6 Å². The Morgan fingerprint density at radius 2 is 2.06 bits per heavy atom. The molecule has 0 aliphatic heterocycles. The molecule has 0 unspecified atom stereocenters. The van der Waals surface area contributed by atoms with Crippen LogP contribution in [0.5, 0.6) is 0 Å². The molecule has 0 spiro atoms. The number of amides is 1. The molecule has 1 amide bonds. The quantitative estimate of drug-likeness (QED) is 0.430. The van der Waals surface area contributed by atoms with Crippen molar-refractivity contribution in [3.05, 3.63) is 52.8 Å². The van der Waals surface area contributed by atoms with Crippen LogP contribution in [0.25, 0.3) is 21.1 Å². The lowest BCUT2D eigenvalue weighted by Crippen LogP contribution is -2.32. The first-order valence-corrected chi connectivity index (χ1v) is 10.7. The summed E-state index contributed by atoms with van der Waals surface area (Å²) in [5.74, 6) is -0.00190. The summed E-state index contributed by atoms with van der Waals surface area (Å²) in [4.78, 5) is 39.0. The molecule has 0 bridgehead atoms. The summed E-state index contributed by atoms with van der Waals surface area (Å²) in [6.07, 6.45) is 4.36. The standard InChI is InChI=1S/C22H23N5O3S/c1-13-18-20(23-9-8-14-10-24-16-7-5-4-6-15(14)16)25-12-26-21(18)31-19(13)22(29)27(2)11-17(28)30-3/h4-7,10,12,24H,8-9,11H2,1-3H3,(H,23,25,26). The molecule has 0 saturated carbocycles. The zero-order valence-electron chi connectivity index (χ0n) is 17.6. The summed E-state index contributed by atoms with van der Waals surface area (Å²) in [5.41, 5.74) is 3.16. The number of hydrogen-bond acceptors (Lipinski definition) is 7. The number of para-hydroxylation sites is 1. The number of rotatable bonds is 7. The number of aromatic nitrogens is 3. The van der Waals surface area contributed by atoms with Crippen LogP contribution in [0.1, 0.15) is 20.8 Å². The van der Waals surface area contributed by atoms with E-state index in [0.717, 1.165) is 27.7 Å². The van der Waals surface area contributed by atoms with Gasteiger partial charge in [0.25, 0.3) is 5.91 Å². The molecule has 0 saturated heterocycles. The Hall–Kier alpha value is -3.46. The maximum Gasteiger partial charge on any atom is 0.325 e. The van der Waals surface area contributed by atoms with Crippen molar-refractivity contribution in [2.24, 2.45) is 0 Å². The van der Waals surface area contributed by atoms with Crippen molar-refractivity contribution < 1.29 is 14.3 Å². The minimum Gasteiger partial charge on any atom is -0.468 e. The number of nitrogens with zero attached hydrogens (tertiary/aromatic N) is 3. The number of nitrogens with one attached hydrogen (secondary N) is 2. The fraction of sp³-hybridized carbons (Fsp3) is 0.273. The summed E-state index contributed by atoms with van der Waals surface area (Å²) in [5, 5.41) is 5.44. The van der Waals surface area contributed by atoms with E-state index in [4.69, 9.17) is 0 Å². The molecular weight excluding hydrogens is 414 g/mol. The summed E-state index contributed by atoms with van der Waals surface area (Å²) < 4.78 is 4.65. The minimum absolute atomic E-state index is 0.107. The third-order valence-electron chi connectivity index (χ3n) is 5.22. The Kier molecular flexibility index (Phi) is 5.85. The van der Waals surface area contributed by atoms with Gasteiger partial charge in [-0.25, -0.2) is 9.97 Å². The maximum absolute atomic E-state index is 12.8. The molecule has 0 aliphatic carbocycles. The van der Waals surface area contributed by atoms with Crippen LogP contribution in [-0.2, 0) is 16.0 Å². The lowest BCUT2D eigenvalue weighted by atomic mass is 10.1. The lowest BCUT2D eigenvalue weighted by Gasteiger charge is -2.15. The Bertz CT molecular complexity index is 1260. The van der Waals surface area contributed by atoms with Gasteiger partial charge in [0, 0.05) is 30.7 Å². The van der Waals surface area contributed by atoms with Gasteiger partial charge in [-0.05, 0) is 30.5 Å². The van der Waals surface area contributed by atoms with Crippen molar-refractivity contribution in [2.75, 3.05) is 32.6 Å². The van der Waals surface area contributed by atoms with Crippen LogP contribution in [0.2, 0.25) is 0 Å². The molecule has 3 aromatic heterocycles. The van der Waals surface area contributed by atoms with Gasteiger partial charge < -0.3 is 19.9 Å². The van der Waals surface area contributed by atoms with E-state index >= 15 is 0 Å². The maximum atomic E-state index is 12.8. The van der Waals surface area contributed by atoms with Gasteiger partial charge in [-0.2, -0.15) is 0 Å². The molecule has 0 radical (unpaired) electrons. The SMILES string of the molecule is COC(=O)CN(C)C(=O)c1sc2ncnc(NCCc3c[nH]c4ccccc34)c2c1C. The van der Waals surface area contributed by atoms with E-state index in [1.54, 1.807) is 7.05 Å². The van der Waals surface area contributed by atoms with Crippen LogP contribution in [0.4, 0.5) is 5.82 Å². The fourth-order valence-corrected chi connectivity index (χ4v) is 4.71. The molecule has 4 rings (SSSR count). The highest BCUT2D eigenvalue weighted by atomic mass is 32.1. The summed E-state index contributed by atoms with van der Waals surface area (Å²) >= 11 is 1.30. The number of likely N-dealkylation sites (N-methyl/N-ethyl adjacent to an activating group) is 1. The van der Waals surface area contributed by atoms with E-state index in [1.807, 2.05) is 25.3 Å². The average Bonchev–Trinajstić information content (AvgIpc) is 3.34. The Morgan fingerprint density at radius 1 is 1.26 bits per heavy atom. The van der Waals surface area contributed by atoms with E-state index in [0.29, 0.717) is 17.2 Å². The van der Waals surface area contributed by atoms with Crippen LogP contribution in [0.15, 0.2) is 36.8 Å². The smallest absolute Gasteiger partial charge is 0.325 e. The van der Waals surface area contributed by atoms with E-state index < -0.39 is 5.97 Å². The van der Waals surface area contributed by atoms with Gasteiger partial charge in [-0.15, -0.1) is 11.3 Å². The van der Waals surface area contributed by atoms with Crippen molar-refractivity contribution in [3.8, 4) is 0 Å². The van der Waals surface area contributed by atoms with Gasteiger partial charge in [0.15, 0.2) is 0 Å². The number of benzene rings is 1. The van der Waals surface area contributed by atoms with Crippen molar-refractivity contribution in [1.82, 2.24) is 19.9 Å². The first-order valence-electron chi connectivity index (χ1n) is 9.84. The number of carbonyl (C=O) groups is 2. The number of aryl methyl sites for hydroxylation is 1. The first-order chi connectivity index (χ1) is 15.0. The highest BCUT2D eigenvalue weighted by Gasteiger charge is 2.23. The highest BCUT2D eigenvalue weighted by molar-refractivity contribution is 7.20. The second-order valence-electron chi connectivity index (χ2n) is 7.23. The van der Waals surface area contributed by atoms with Gasteiger partial charge in [-0.3, -0.25) is 9.59 Å². The molecule has 160 valence electrons. The van der Waals surface area contributed by atoms with E-state index in [2.05, 4.69) is 37.1 Å². The normalized spacial score (nSPS) is 11.1. The number of carbonyl (C=O) groups excluding carboxylic acids is 2. The molecule has 3 heterocycles. The van der Waals surface area contributed by atoms with Crippen LogP contribution in [0.3, 0.4) is 0 Å². The van der Waals surface area contributed by atoms with Gasteiger partial charge in [0.05, 0.1) is 17.4 Å². The van der Waals surface area contributed by atoms with Crippen LogP contribution >= 0.6 is 11.3 Å². The van der Waals surface area contributed by atoms with E-state index in [-0.39, 0.29) is 12.5 Å². The van der Waals surface area contributed by atoms with Crippen LogP contribution in [-0.4, -0.2) is 59.0 Å². The van der Waals surface area contributed by atoms with E-state index in [9.17, 15) is 9.59 Å². The molecule has 1 aromatic carbocycles. The Balaban J connectivity index is 1.53. The second-order valence-corrected chi connectivity index (χ2v) is 8.23. The monoisotopic (exact) mass is 437 g/mol. The van der Waals surface area contributed by atoms with Gasteiger partial charge in [0.1, 0.15) is 23.5 Å². The van der Waals surface area contributed by atoms with Crippen molar-refractivity contribution in [3.63, 3.8) is 0 Å². The molecule has 8 nitrogen and oxygen atoms in total. The molecule has 4 aromatic rings. The van der Waals surface area contributed by atoms with Crippen molar-refractivity contribution in [1.29, 1.82) is 0 Å². The lowest BCUT2D eigenvalue weighted by molar-refractivity contribution is -0.141. The summed E-state index contributed by atoms with van der Waals surface area (Å²) in [6, 6.07) is 8.21. The molecule has 2 N–H and O–H groups in total. The van der Waals surface area contributed by atoms with Crippen LogP contribution in [0, 0.1) is 6.92 Å². The predicted octanol–water partition coefficient (Wildman–Crippen LogP) is 3.38. The Labute approximate surface area is 183 Å². The number of hydrogen-bond donors (Lipinski definition) is 2. The molecular formula is C22H23N5O3S. The zero-order chi connectivity index (χ0) is 22.0. The first kappa shape index (κ1) is 20.8. The third-order valence-corrected chi connectivity index (χ3v) is 6.41. The summed E-state index contributed by atoms with van der Waals surface area (Å²) in [7, 11) is 2.88. The molecule has 0 aliphatic rings. The van der Waals surface area contributed by atoms with Gasteiger partial charge in [0.2, 0.25) is 0 Å². The van der Waals surface area contributed by atoms with Crippen molar-refractivity contribution in [2.45, 2.75) is 13.3 Å². The largest absolute Gasteiger partial charge is 0.468 e. The van der Waals surface area contributed by atoms with Crippen molar-refractivity contribution >= 4 is 50.2 Å². The highest BCUT2D eigenvalue weighted by Crippen LogP contribution is 2.34. The van der Waals surface area contributed by atoms with Gasteiger partial charge in [-0.1, -0.05) is 18.2 Å². The number of H-pyrrole nitrogens is 1. The zero-order valence-corrected chi connectivity index (χ0v) is 18.4. The number of anilines is 1. The number of fused-ring (bicyclic) bond motifs is 2. The second kappa shape index (κ2) is 8.73. The summed E-state index contributed by atoms with van der Waals surface area (Å²) in [6.45, 7) is 2.46. The molecule has 0 fully saturated rings. The van der Waals surface area contributed by atoms with Gasteiger partial charge >= 0.3 is 5.97 Å². The average molecular weight is 438 g/mol. The number of thiophene rings is 1. The molecule has 0 atom stereocenters. The Morgan fingerprint density at radius 3 is 2.87 bits per heavy atom. The topological polar surface area (TPSA) is 100 Å². The molecule has 31 heavy (non-hydrogen) atoms. The molecule has 9 heteroatoms. The number of aromatic amines is 1. The number of ether oxygens (including phenoxy) is 1. The number of esters is 1. The predicted molar refractivity (Wildman–Crippen MR) is 122 cm³/mol. The third kappa shape index (κ3) is 4.09.